The highest BCUT2D eigenvalue weighted by Crippen LogP contribution is 2.16. The molecule has 26 heavy (non-hydrogen) atoms. The van der Waals surface area contributed by atoms with Crippen LogP contribution in [0.15, 0.2) is 48.5 Å². The number of amides is 2. The summed E-state index contributed by atoms with van der Waals surface area (Å²) in [7, 11) is 0. The van der Waals surface area contributed by atoms with E-state index < -0.39 is 0 Å². The van der Waals surface area contributed by atoms with Crippen LogP contribution in [0.25, 0.3) is 0 Å². The molecule has 2 aromatic rings. The Morgan fingerprint density at radius 1 is 1.08 bits per heavy atom. The van der Waals surface area contributed by atoms with Crippen molar-refractivity contribution < 1.29 is 14.0 Å². The fourth-order valence-corrected chi connectivity index (χ4v) is 3.28. The van der Waals surface area contributed by atoms with Gasteiger partial charge in [-0.05, 0) is 49.1 Å². The van der Waals surface area contributed by atoms with E-state index in [2.05, 4.69) is 5.32 Å². The first-order valence-corrected chi connectivity index (χ1v) is 8.91. The van der Waals surface area contributed by atoms with Gasteiger partial charge in [-0.2, -0.15) is 0 Å². The molecule has 0 spiro atoms. The molecule has 1 aliphatic rings. The molecule has 3 rings (SSSR count). The number of carbonyl (C=O) groups is 2. The van der Waals surface area contributed by atoms with Crippen LogP contribution < -0.4 is 5.32 Å². The van der Waals surface area contributed by atoms with Crippen LogP contribution in [-0.2, 0) is 11.2 Å². The molecule has 136 valence electrons. The average Bonchev–Trinajstić information content (AvgIpc) is 2.64. The lowest BCUT2D eigenvalue weighted by Gasteiger charge is -2.32. The van der Waals surface area contributed by atoms with Crippen molar-refractivity contribution in [3.05, 3.63) is 71.0 Å². The Bertz CT molecular complexity index is 781. The quantitative estimate of drug-likeness (QED) is 0.917. The van der Waals surface area contributed by atoms with E-state index in [0.29, 0.717) is 13.1 Å². The molecule has 1 saturated heterocycles. The Morgan fingerprint density at radius 3 is 2.38 bits per heavy atom. The minimum atomic E-state index is -0.306. The molecule has 0 saturated carbocycles. The predicted octanol–water partition coefficient (Wildman–Crippen LogP) is 3.10. The number of nitrogens with zero attached hydrogens (tertiary/aromatic N) is 1. The lowest BCUT2D eigenvalue weighted by Crippen LogP contribution is -2.47. The van der Waals surface area contributed by atoms with Gasteiger partial charge >= 0.3 is 0 Å². The number of likely N-dealkylation sites (tertiary alicyclic amines) is 1. The molecule has 2 aromatic carbocycles. The van der Waals surface area contributed by atoms with Crippen LogP contribution in [0, 0.1) is 12.7 Å². The van der Waals surface area contributed by atoms with Gasteiger partial charge in [0.25, 0.3) is 5.91 Å². The molecule has 0 radical (unpaired) electrons. The van der Waals surface area contributed by atoms with E-state index in [1.807, 2.05) is 36.1 Å². The van der Waals surface area contributed by atoms with E-state index in [0.717, 1.165) is 29.5 Å². The third-order valence-electron chi connectivity index (χ3n) is 4.80. The van der Waals surface area contributed by atoms with Crippen LogP contribution in [0.4, 0.5) is 4.39 Å². The monoisotopic (exact) mass is 354 g/mol. The lowest BCUT2D eigenvalue weighted by atomic mass is 10.0. The summed E-state index contributed by atoms with van der Waals surface area (Å²) in [5.74, 6) is -0.320. The number of aryl methyl sites for hydroxylation is 1. The molecule has 0 atom stereocenters. The molecule has 1 heterocycles. The topological polar surface area (TPSA) is 49.4 Å². The molecular weight excluding hydrogens is 331 g/mol. The summed E-state index contributed by atoms with van der Waals surface area (Å²) < 4.78 is 12.9. The summed E-state index contributed by atoms with van der Waals surface area (Å²) in [5, 5.41) is 3.02. The molecule has 0 bridgehead atoms. The van der Waals surface area contributed by atoms with Crippen molar-refractivity contribution in [3.63, 3.8) is 0 Å². The highest BCUT2D eigenvalue weighted by molar-refractivity contribution is 5.95. The highest BCUT2D eigenvalue weighted by atomic mass is 19.1. The van der Waals surface area contributed by atoms with Gasteiger partial charge in [-0.15, -0.1) is 0 Å². The number of halogens is 1. The second-order valence-electron chi connectivity index (χ2n) is 6.75. The number of carbonyl (C=O) groups excluding carboxylic acids is 2. The van der Waals surface area contributed by atoms with Gasteiger partial charge in [0.1, 0.15) is 5.82 Å². The van der Waals surface area contributed by atoms with E-state index in [1.165, 1.54) is 12.1 Å². The van der Waals surface area contributed by atoms with Crippen molar-refractivity contribution in [2.45, 2.75) is 32.2 Å². The SMILES string of the molecule is Cc1ccccc1C(=O)N1CCC(NC(=O)Cc2ccc(F)cc2)CC1. The van der Waals surface area contributed by atoms with Crippen molar-refractivity contribution in [2.75, 3.05) is 13.1 Å². The van der Waals surface area contributed by atoms with Crippen LogP contribution in [0.3, 0.4) is 0 Å². The summed E-state index contributed by atoms with van der Waals surface area (Å²) in [6.45, 7) is 3.21. The number of hydrogen-bond acceptors (Lipinski definition) is 2. The fraction of sp³-hybridized carbons (Fsp3) is 0.333. The third-order valence-corrected chi connectivity index (χ3v) is 4.80. The number of rotatable bonds is 4. The molecule has 1 aliphatic heterocycles. The van der Waals surface area contributed by atoms with Crippen LogP contribution in [0.5, 0.6) is 0 Å². The van der Waals surface area contributed by atoms with E-state index in [4.69, 9.17) is 0 Å². The van der Waals surface area contributed by atoms with Crippen LogP contribution in [-0.4, -0.2) is 35.8 Å². The molecule has 4 nitrogen and oxygen atoms in total. The fourth-order valence-electron chi connectivity index (χ4n) is 3.28. The maximum absolute atomic E-state index is 12.9. The summed E-state index contributed by atoms with van der Waals surface area (Å²) in [5.41, 5.74) is 2.51. The normalized spacial score (nSPS) is 14.9. The Balaban J connectivity index is 1.49. The average molecular weight is 354 g/mol. The largest absolute Gasteiger partial charge is 0.353 e. The summed E-state index contributed by atoms with van der Waals surface area (Å²) in [6, 6.07) is 13.6. The summed E-state index contributed by atoms with van der Waals surface area (Å²) >= 11 is 0. The second kappa shape index (κ2) is 8.13. The maximum atomic E-state index is 12.9. The van der Waals surface area contributed by atoms with Crippen LogP contribution in [0.2, 0.25) is 0 Å². The summed E-state index contributed by atoms with van der Waals surface area (Å²) in [4.78, 5) is 26.6. The zero-order valence-corrected chi connectivity index (χ0v) is 14.9. The molecule has 1 fully saturated rings. The Kier molecular flexibility index (Phi) is 5.66. The van der Waals surface area contributed by atoms with Crippen molar-refractivity contribution in [3.8, 4) is 0 Å². The predicted molar refractivity (Wildman–Crippen MR) is 98.4 cm³/mol. The van der Waals surface area contributed by atoms with Gasteiger partial charge in [0, 0.05) is 24.7 Å². The summed E-state index contributed by atoms with van der Waals surface area (Å²) in [6.07, 6.45) is 1.72. The highest BCUT2D eigenvalue weighted by Gasteiger charge is 2.25. The Labute approximate surface area is 153 Å². The standard InChI is InChI=1S/C21H23FN2O2/c1-15-4-2-3-5-19(15)21(26)24-12-10-18(11-13-24)23-20(25)14-16-6-8-17(22)9-7-16/h2-9,18H,10-14H2,1H3,(H,23,25). The van der Waals surface area contributed by atoms with Gasteiger partial charge in [0.05, 0.1) is 6.42 Å². The Morgan fingerprint density at radius 2 is 1.73 bits per heavy atom. The van der Waals surface area contributed by atoms with Crippen molar-refractivity contribution in [1.82, 2.24) is 10.2 Å². The van der Waals surface area contributed by atoms with Gasteiger partial charge in [-0.3, -0.25) is 9.59 Å². The molecule has 0 aromatic heterocycles. The van der Waals surface area contributed by atoms with Crippen molar-refractivity contribution in [1.29, 1.82) is 0 Å². The van der Waals surface area contributed by atoms with Crippen LogP contribution >= 0.6 is 0 Å². The first-order valence-electron chi connectivity index (χ1n) is 8.91. The van der Waals surface area contributed by atoms with E-state index in [9.17, 15) is 14.0 Å². The number of nitrogens with one attached hydrogen (secondary N) is 1. The van der Waals surface area contributed by atoms with Crippen LogP contribution in [0.1, 0.15) is 34.3 Å². The molecular formula is C21H23FN2O2. The number of piperidine rings is 1. The maximum Gasteiger partial charge on any atom is 0.254 e. The van der Waals surface area contributed by atoms with E-state index in [-0.39, 0.29) is 30.1 Å². The van der Waals surface area contributed by atoms with Crippen molar-refractivity contribution in [2.24, 2.45) is 0 Å². The first kappa shape index (κ1) is 18.1. The van der Waals surface area contributed by atoms with E-state index in [1.54, 1.807) is 12.1 Å². The zero-order chi connectivity index (χ0) is 18.5. The smallest absolute Gasteiger partial charge is 0.254 e. The second-order valence-corrected chi connectivity index (χ2v) is 6.75. The Hall–Kier alpha value is -2.69. The number of benzene rings is 2. The molecule has 1 N–H and O–H groups in total. The number of hydrogen-bond donors (Lipinski definition) is 1. The van der Waals surface area contributed by atoms with Crippen molar-refractivity contribution >= 4 is 11.8 Å². The lowest BCUT2D eigenvalue weighted by molar-refractivity contribution is -0.121. The minimum absolute atomic E-state index is 0.0548. The molecule has 5 heteroatoms. The zero-order valence-electron chi connectivity index (χ0n) is 14.9. The van der Waals surface area contributed by atoms with Gasteiger partial charge in [-0.25, -0.2) is 4.39 Å². The van der Waals surface area contributed by atoms with Gasteiger partial charge in [-0.1, -0.05) is 30.3 Å². The minimum Gasteiger partial charge on any atom is -0.353 e. The van der Waals surface area contributed by atoms with Gasteiger partial charge in [0.2, 0.25) is 5.91 Å². The van der Waals surface area contributed by atoms with Gasteiger partial charge in [0.15, 0.2) is 0 Å². The first-order chi connectivity index (χ1) is 12.5. The molecule has 0 aliphatic carbocycles. The third kappa shape index (κ3) is 4.48. The van der Waals surface area contributed by atoms with E-state index >= 15 is 0 Å². The molecule has 2 amide bonds. The molecule has 0 unspecified atom stereocenters. The van der Waals surface area contributed by atoms with Gasteiger partial charge < -0.3 is 10.2 Å².